The summed E-state index contributed by atoms with van der Waals surface area (Å²) in [5, 5.41) is 0. The predicted octanol–water partition coefficient (Wildman–Crippen LogP) is 12.3. The molecule has 0 amide bonds. The molecule has 8 aromatic rings. The van der Waals surface area contributed by atoms with E-state index in [4.69, 9.17) is 5.73 Å². The van der Waals surface area contributed by atoms with Crippen molar-refractivity contribution < 1.29 is 0 Å². The number of rotatable bonds is 4. The van der Waals surface area contributed by atoms with Crippen molar-refractivity contribution in [3.05, 3.63) is 210 Å². The number of nitrogens with two attached hydrogens (primary N) is 1. The highest BCUT2D eigenvalue weighted by Gasteiger charge is 2.53. The lowest BCUT2D eigenvalue weighted by molar-refractivity contribution is 0.796. The van der Waals surface area contributed by atoms with Gasteiger partial charge in [0.1, 0.15) is 0 Å². The van der Waals surface area contributed by atoms with Crippen LogP contribution in [0.5, 0.6) is 0 Å². The maximum absolute atomic E-state index is 7.28. The molecule has 234 valence electrons. The predicted molar refractivity (Wildman–Crippen MR) is 209 cm³/mol. The summed E-state index contributed by atoms with van der Waals surface area (Å²) in [5.41, 5.74) is 27.2. The Kier molecular flexibility index (Phi) is 6.31. The summed E-state index contributed by atoms with van der Waals surface area (Å²) < 4.78 is 0. The van der Waals surface area contributed by atoms with Crippen LogP contribution >= 0.6 is 0 Å². The van der Waals surface area contributed by atoms with Gasteiger partial charge in [0.2, 0.25) is 0 Å². The first-order chi connectivity index (χ1) is 24.7. The molecule has 0 bridgehead atoms. The number of hydrogen-bond donors (Lipinski definition) is 1. The second-order valence-corrected chi connectivity index (χ2v) is 13.4. The molecule has 2 aliphatic carbocycles. The van der Waals surface area contributed by atoms with Crippen molar-refractivity contribution in [1.29, 1.82) is 0 Å². The van der Waals surface area contributed by atoms with Crippen LogP contribution in [0.3, 0.4) is 0 Å². The van der Waals surface area contributed by atoms with E-state index in [1.54, 1.807) is 0 Å². The molecule has 8 aromatic carbocycles. The van der Waals surface area contributed by atoms with E-state index < -0.39 is 5.41 Å². The fraction of sp³-hybridized carbons (Fsp3) is 0.0204. The zero-order chi connectivity index (χ0) is 33.2. The number of nitrogen functional groups attached to an aromatic ring is 1. The molecular weight excluding hydrogens is 603 g/mol. The molecule has 50 heavy (non-hydrogen) atoms. The van der Waals surface area contributed by atoms with Gasteiger partial charge >= 0.3 is 0 Å². The van der Waals surface area contributed by atoms with Crippen LogP contribution in [0.2, 0.25) is 0 Å². The van der Waals surface area contributed by atoms with E-state index in [2.05, 4.69) is 188 Å². The van der Waals surface area contributed by atoms with Crippen LogP contribution in [0.25, 0.3) is 66.8 Å². The summed E-state index contributed by atoms with van der Waals surface area (Å²) in [6, 6.07) is 68.4. The van der Waals surface area contributed by atoms with E-state index in [9.17, 15) is 0 Å². The summed E-state index contributed by atoms with van der Waals surface area (Å²) in [4.78, 5) is 0. The summed E-state index contributed by atoms with van der Waals surface area (Å²) in [6.07, 6.45) is 0. The SMILES string of the molecule is Nc1cc(-c2ccc(-c3ccccc3)cc2)c(-c2ccc(-c3ccccc3)cc2)c2c1-c1ccccc1C21c2ccccc2-c2ccccc21. The Hall–Kier alpha value is -6.44. The zero-order valence-corrected chi connectivity index (χ0v) is 27.5. The quantitative estimate of drug-likeness (QED) is 0.191. The Bertz CT molecular complexity index is 2520. The Labute approximate surface area is 293 Å². The standard InChI is InChI=1S/C49H33N/c50-45-31-41(36-27-23-34(24-28-36)32-13-3-1-4-14-32)46(37-29-25-35(26-30-37)33-15-5-2-6-16-33)48-47(45)40-19-9-12-22-44(40)49(48)42-20-10-7-17-38(42)39-18-8-11-21-43(39)49/h1-31H,50H2. The molecule has 0 unspecified atom stereocenters. The molecule has 10 rings (SSSR count). The normalized spacial score (nSPS) is 13.0. The fourth-order valence-corrected chi connectivity index (χ4v) is 8.79. The topological polar surface area (TPSA) is 26.0 Å². The molecule has 0 atom stereocenters. The lowest BCUT2D eigenvalue weighted by Gasteiger charge is -2.33. The third-order valence-electron chi connectivity index (χ3n) is 10.9. The van der Waals surface area contributed by atoms with Crippen molar-refractivity contribution in [2.45, 2.75) is 5.41 Å². The molecule has 1 heteroatoms. The third-order valence-corrected chi connectivity index (χ3v) is 10.9. The van der Waals surface area contributed by atoms with Gasteiger partial charge in [0.15, 0.2) is 0 Å². The molecule has 0 saturated carbocycles. The van der Waals surface area contributed by atoms with Gasteiger partial charge in [-0.25, -0.2) is 0 Å². The van der Waals surface area contributed by atoms with Crippen LogP contribution in [0.15, 0.2) is 188 Å². The van der Waals surface area contributed by atoms with E-state index in [-0.39, 0.29) is 0 Å². The Morgan fingerprint density at radius 1 is 0.300 bits per heavy atom. The maximum Gasteiger partial charge on any atom is 0.0732 e. The average Bonchev–Trinajstić information content (AvgIpc) is 3.67. The molecule has 0 fully saturated rings. The maximum atomic E-state index is 7.28. The van der Waals surface area contributed by atoms with Crippen LogP contribution < -0.4 is 5.73 Å². The highest BCUT2D eigenvalue weighted by molar-refractivity contribution is 6.06. The van der Waals surface area contributed by atoms with Crippen molar-refractivity contribution >= 4 is 5.69 Å². The number of hydrogen-bond acceptors (Lipinski definition) is 1. The summed E-state index contributed by atoms with van der Waals surface area (Å²) in [7, 11) is 0. The van der Waals surface area contributed by atoms with Gasteiger partial charge in [-0.15, -0.1) is 0 Å². The molecule has 2 N–H and O–H groups in total. The van der Waals surface area contributed by atoms with Crippen LogP contribution in [0, 0.1) is 0 Å². The fourth-order valence-electron chi connectivity index (χ4n) is 8.79. The smallest absolute Gasteiger partial charge is 0.0732 e. The first-order valence-electron chi connectivity index (χ1n) is 17.3. The highest BCUT2D eigenvalue weighted by Crippen LogP contribution is 2.66. The second-order valence-electron chi connectivity index (χ2n) is 13.4. The number of anilines is 1. The largest absolute Gasteiger partial charge is 0.398 e. The van der Waals surface area contributed by atoms with E-state index in [0.717, 1.165) is 22.4 Å². The Morgan fingerprint density at radius 3 is 1.20 bits per heavy atom. The lowest BCUT2D eigenvalue weighted by atomic mass is 9.67. The van der Waals surface area contributed by atoms with Crippen LogP contribution in [-0.2, 0) is 5.41 Å². The van der Waals surface area contributed by atoms with Gasteiger partial charge in [-0.2, -0.15) is 0 Å². The molecule has 1 spiro atoms. The Morgan fingerprint density at radius 2 is 0.680 bits per heavy atom. The number of fused-ring (bicyclic) bond motifs is 10. The highest BCUT2D eigenvalue weighted by atomic mass is 14.6. The molecule has 1 nitrogen and oxygen atoms in total. The molecule has 0 saturated heterocycles. The van der Waals surface area contributed by atoms with Crippen LogP contribution in [0.1, 0.15) is 22.3 Å². The van der Waals surface area contributed by atoms with Gasteiger partial charge in [0.05, 0.1) is 5.41 Å². The van der Waals surface area contributed by atoms with E-state index in [1.807, 2.05) is 0 Å². The average molecular weight is 636 g/mol. The molecule has 0 aromatic heterocycles. The van der Waals surface area contributed by atoms with Crippen molar-refractivity contribution in [2.75, 3.05) is 5.73 Å². The molecule has 0 radical (unpaired) electrons. The van der Waals surface area contributed by atoms with Crippen LogP contribution in [-0.4, -0.2) is 0 Å². The number of benzene rings is 8. The monoisotopic (exact) mass is 635 g/mol. The lowest BCUT2D eigenvalue weighted by Crippen LogP contribution is -2.27. The van der Waals surface area contributed by atoms with Crippen LogP contribution in [0.4, 0.5) is 5.69 Å². The van der Waals surface area contributed by atoms with Gasteiger partial charge in [-0.3, -0.25) is 0 Å². The van der Waals surface area contributed by atoms with E-state index in [0.29, 0.717) is 0 Å². The third kappa shape index (κ3) is 4.01. The Balaban J connectivity index is 1.31. The zero-order valence-electron chi connectivity index (χ0n) is 27.5. The van der Waals surface area contributed by atoms with Gasteiger partial charge in [0, 0.05) is 11.3 Å². The van der Waals surface area contributed by atoms with Crippen molar-refractivity contribution in [3.63, 3.8) is 0 Å². The van der Waals surface area contributed by atoms with Crippen molar-refractivity contribution in [3.8, 4) is 66.8 Å². The minimum Gasteiger partial charge on any atom is -0.398 e. The van der Waals surface area contributed by atoms with E-state index in [1.165, 1.54) is 72.3 Å². The van der Waals surface area contributed by atoms with Gasteiger partial charge in [-0.1, -0.05) is 182 Å². The first-order valence-corrected chi connectivity index (χ1v) is 17.3. The first kappa shape index (κ1) is 28.6. The second kappa shape index (κ2) is 11.1. The summed E-state index contributed by atoms with van der Waals surface area (Å²) >= 11 is 0. The minimum absolute atomic E-state index is 0.527. The summed E-state index contributed by atoms with van der Waals surface area (Å²) in [6.45, 7) is 0. The minimum atomic E-state index is -0.527. The van der Waals surface area contributed by atoms with Gasteiger partial charge in [0.25, 0.3) is 0 Å². The van der Waals surface area contributed by atoms with E-state index >= 15 is 0 Å². The molecule has 0 heterocycles. The van der Waals surface area contributed by atoms with Gasteiger partial charge in [-0.05, 0) is 89.5 Å². The summed E-state index contributed by atoms with van der Waals surface area (Å²) in [5.74, 6) is 0. The molecule has 0 aliphatic heterocycles. The van der Waals surface area contributed by atoms with Gasteiger partial charge < -0.3 is 5.73 Å². The van der Waals surface area contributed by atoms with Crippen molar-refractivity contribution in [1.82, 2.24) is 0 Å². The molecular formula is C49H33N. The molecule has 2 aliphatic rings. The van der Waals surface area contributed by atoms with Crippen molar-refractivity contribution in [2.24, 2.45) is 0 Å².